The molecule has 1 atom stereocenters. The van der Waals surface area contributed by atoms with Gasteiger partial charge in [-0.3, -0.25) is 14.6 Å². The van der Waals surface area contributed by atoms with Crippen molar-refractivity contribution >= 4 is 21.8 Å². The zero-order valence-electron chi connectivity index (χ0n) is 17.4. The highest BCUT2D eigenvalue weighted by Gasteiger charge is 2.26. The first-order chi connectivity index (χ1) is 15.0. The fraction of sp³-hybridized carbons (Fsp3) is 0.409. The zero-order chi connectivity index (χ0) is 22.1. The molecule has 0 radical (unpaired) electrons. The van der Waals surface area contributed by atoms with Gasteiger partial charge < -0.3 is 10.6 Å². The molecule has 31 heavy (non-hydrogen) atoms. The van der Waals surface area contributed by atoms with Crippen LogP contribution in [0.1, 0.15) is 31.4 Å². The number of aromatic nitrogens is 1. The van der Waals surface area contributed by atoms with E-state index in [2.05, 4.69) is 15.6 Å². The highest BCUT2D eigenvalue weighted by Crippen LogP contribution is 2.19. The summed E-state index contributed by atoms with van der Waals surface area (Å²) in [7, 11) is -3.70. The fourth-order valence-corrected chi connectivity index (χ4v) is 5.04. The van der Waals surface area contributed by atoms with Crippen LogP contribution in [-0.2, 0) is 26.2 Å². The summed E-state index contributed by atoms with van der Waals surface area (Å²) in [5.74, 6) is -0.650. The van der Waals surface area contributed by atoms with Gasteiger partial charge in [0.1, 0.15) is 0 Å². The number of benzene rings is 1. The standard InChI is InChI=1S/C22H28N4O4S/c27-21-12-16-26(31(29,30)20-9-2-1-3-10-20)15-6-7-18(11-14-24-21)22(28)25-17-19-8-4-5-13-23-19/h1-5,8-10,13,18H,6-7,11-12,14-17H2,(H,24,27)(H,25,28). The molecule has 2 N–H and O–H groups in total. The smallest absolute Gasteiger partial charge is 0.243 e. The molecule has 1 aliphatic rings. The molecule has 1 aromatic heterocycles. The third-order valence-electron chi connectivity index (χ3n) is 5.28. The molecule has 9 heteroatoms. The van der Waals surface area contributed by atoms with Crippen LogP contribution in [-0.4, -0.2) is 49.2 Å². The quantitative estimate of drug-likeness (QED) is 0.730. The second-order valence-corrected chi connectivity index (χ2v) is 9.42. The first kappa shape index (κ1) is 22.9. The van der Waals surface area contributed by atoms with Crippen LogP contribution in [0.25, 0.3) is 0 Å². The van der Waals surface area contributed by atoms with E-state index in [1.54, 1.807) is 36.5 Å². The number of carbonyl (C=O) groups is 2. The maximum atomic E-state index is 13.0. The normalized spacial score (nSPS) is 19.1. The number of nitrogens with zero attached hydrogens (tertiary/aromatic N) is 2. The Balaban J connectivity index is 1.66. The number of hydrogen-bond donors (Lipinski definition) is 2. The van der Waals surface area contributed by atoms with E-state index in [0.29, 0.717) is 32.4 Å². The van der Waals surface area contributed by atoms with E-state index in [-0.39, 0.29) is 42.1 Å². The molecule has 3 rings (SSSR count). The van der Waals surface area contributed by atoms with Crippen molar-refractivity contribution in [1.29, 1.82) is 0 Å². The van der Waals surface area contributed by atoms with Gasteiger partial charge in [0.05, 0.1) is 17.1 Å². The van der Waals surface area contributed by atoms with E-state index >= 15 is 0 Å². The average Bonchev–Trinajstić information content (AvgIpc) is 2.83. The third kappa shape index (κ3) is 6.60. The molecule has 0 saturated carbocycles. The van der Waals surface area contributed by atoms with Crippen molar-refractivity contribution in [2.75, 3.05) is 19.6 Å². The number of amides is 2. The van der Waals surface area contributed by atoms with Crippen LogP contribution in [0, 0.1) is 5.92 Å². The average molecular weight is 445 g/mol. The largest absolute Gasteiger partial charge is 0.356 e. The summed E-state index contributed by atoms with van der Waals surface area (Å²) >= 11 is 0. The van der Waals surface area contributed by atoms with Gasteiger partial charge in [-0.15, -0.1) is 0 Å². The number of nitrogens with one attached hydrogen (secondary N) is 2. The number of rotatable bonds is 5. The lowest BCUT2D eigenvalue weighted by Crippen LogP contribution is -2.35. The summed E-state index contributed by atoms with van der Waals surface area (Å²) < 4.78 is 27.4. The Morgan fingerprint density at radius 1 is 1.10 bits per heavy atom. The third-order valence-corrected chi connectivity index (χ3v) is 7.20. The highest BCUT2D eigenvalue weighted by molar-refractivity contribution is 7.89. The monoisotopic (exact) mass is 444 g/mol. The summed E-state index contributed by atoms with van der Waals surface area (Å²) in [4.78, 5) is 29.3. The van der Waals surface area contributed by atoms with Crippen LogP contribution in [0.4, 0.5) is 0 Å². The predicted octanol–water partition coefficient (Wildman–Crippen LogP) is 1.70. The lowest BCUT2D eigenvalue weighted by molar-refractivity contribution is -0.126. The predicted molar refractivity (Wildman–Crippen MR) is 116 cm³/mol. The van der Waals surface area contributed by atoms with Crippen LogP contribution >= 0.6 is 0 Å². The van der Waals surface area contributed by atoms with Gasteiger partial charge >= 0.3 is 0 Å². The van der Waals surface area contributed by atoms with Gasteiger partial charge in [0.15, 0.2) is 0 Å². The molecule has 2 aromatic rings. The lowest BCUT2D eigenvalue weighted by atomic mass is 9.98. The molecule has 0 aliphatic carbocycles. The molecule has 166 valence electrons. The molecule has 1 saturated heterocycles. The van der Waals surface area contributed by atoms with E-state index in [0.717, 1.165) is 5.69 Å². The molecule has 0 spiro atoms. The molecule has 1 fully saturated rings. The number of carbonyl (C=O) groups excluding carboxylic acids is 2. The van der Waals surface area contributed by atoms with Crippen LogP contribution in [0.5, 0.6) is 0 Å². The molecule has 1 aliphatic heterocycles. The van der Waals surface area contributed by atoms with Crippen molar-refractivity contribution < 1.29 is 18.0 Å². The van der Waals surface area contributed by atoms with Crippen molar-refractivity contribution in [1.82, 2.24) is 19.9 Å². The minimum Gasteiger partial charge on any atom is -0.356 e. The van der Waals surface area contributed by atoms with Gasteiger partial charge in [0, 0.05) is 38.2 Å². The molecule has 2 amide bonds. The van der Waals surface area contributed by atoms with Crippen molar-refractivity contribution in [3.8, 4) is 0 Å². The van der Waals surface area contributed by atoms with Crippen LogP contribution in [0.3, 0.4) is 0 Å². The van der Waals surface area contributed by atoms with Crippen molar-refractivity contribution in [3.63, 3.8) is 0 Å². The van der Waals surface area contributed by atoms with Gasteiger partial charge in [0.2, 0.25) is 21.8 Å². The Morgan fingerprint density at radius 3 is 2.61 bits per heavy atom. The van der Waals surface area contributed by atoms with Gasteiger partial charge in [-0.05, 0) is 43.5 Å². The number of hydrogen-bond acceptors (Lipinski definition) is 5. The minimum atomic E-state index is -3.70. The van der Waals surface area contributed by atoms with E-state index in [1.807, 2.05) is 18.2 Å². The Morgan fingerprint density at radius 2 is 1.87 bits per heavy atom. The maximum absolute atomic E-state index is 13.0. The van der Waals surface area contributed by atoms with Crippen molar-refractivity contribution in [3.05, 3.63) is 60.4 Å². The first-order valence-corrected chi connectivity index (χ1v) is 11.9. The first-order valence-electron chi connectivity index (χ1n) is 10.5. The maximum Gasteiger partial charge on any atom is 0.243 e. The Labute approximate surface area is 183 Å². The Bertz CT molecular complexity index is 968. The highest BCUT2D eigenvalue weighted by atomic mass is 32.2. The SMILES string of the molecule is O=C1CCN(S(=O)(=O)c2ccccc2)CCCC(C(=O)NCc2ccccn2)CCN1. The van der Waals surface area contributed by atoms with Crippen LogP contribution in [0.2, 0.25) is 0 Å². The summed E-state index contributed by atoms with van der Waals surface area (Å²) in [6.07, 6.45) is 3.33. The molecule has 8 nitrogen and oxygen atoms in total. The van der Waals surface area contributed by atoms with Gasteiger partial charge in [0.25, 0.3) is 0 Å². The molecule has 0 bridgehead atoms. The number of pyridine rings is 1. The summed E-state index contributed by atoms with van der Waals surface area (Å²) in [6.45, 7) is 1.08. The van der Waals surface area contributed by atoms with E-state index < -0.39 is 10.0 Å². The van der Waals surface area contributed by atoms with E-state index in [4.69, 9.17) is 0 Å². The van der Waals surface area contributed by atoms with Gasteiger partial charge in [-0.1, -0.05) is 24.3 Å². The second kappa shape index (κ2) is 11.0. The molecule has 2 heterocycles. The minimum absolute atomic E-state index is 0.0859. The Kier molecular flexibility index (Phi) is 8.13. The molecule has 1 unspecified atom stereocenters. The summed E-state index contributed by atoms with van der Waals surface area (Å²) in [5.41, 5.74) is 0.765. The lowest BCUT2D eigenvalue weighted by Gasteiger charge is -2.22. The van der Waals surface area contributed by atoms with Crippen LogP contribution < -0.4 is 10.6 Å². The van der Waals surface area contributed by atoms with E-state index in [1.165, 1.54) is 4.31 Å². The summed E-state index contributed by atoms with van der Waals surface area (Å²) in [5, 5.41) is 5.70. The van der Waals surface area contributed by atoms with E-state index in [9.17, 15) is 18.0 Å². The topological polar surface area (TPSA) is 108 Å². The molecule has 1 aromatic carbocycles. The number of sulfonamides is 1. The van der Waals surface area contributed by atoms with Gasteiger partial charge in [-0.2, -0.15) is 4.31 Å². The van der Waals surface area contributed by atoms with Crippen molar-refractivity contribution in [2.45, 2.75) is 37.1 Å². The summed E-state index contributed by atoms with van der Waals surface area (Å²) in [6, 6.07) is 13.7. The van der Waals surface area contributed by atoms with Crippen LogP contribution in [0.15, 0.2) is 59.6 Å². The van der Waals surface area contributed by atoms with Crippen molar-refractivity contribution in [2.24, 2.45) is 5.92 Å². The Hall–Kier alpha value is -2.78. The molecular formula is C22H28N4O4S. The molecular weight excluding hydrogens is 416 g/mol. The fourth-order valence-electron chi connectivity index (χ4n) is 3.54. The zero-order valence-corrected chi connectivity index (χ0v) is 18.2. The second-order valence-electron chi connectivity index (χ2n) is 7.48. The van der Waals surface area contributed by atoms with Gasteiger partial charge in [-0.25, -0.2) is 8.42 Å².